The Morgan fingerprint density at radius 2 is 1.91 bits per heavy atom. The molecular formula is C16H18ClF4N. The third-order valence-electron chi connectivity index (χ3n) is 3.02. The van der Waals surface area contributed by atoms with E-state index in [9.17, 15) is 17.6 Å². The fraction of sp³-hybridized carbons (Fsp3) is 0.375. The first-order valence-electron chi connectivity index (χ1n) is 6.65. The molecule has 1 N–H and O–H groups in total. The summed E-state index contributed by atoms with van der Waals surface area (Å²) in [6.07, 6.45) is 2.37. The van der Waals surface area contributed by atoms with E-state index in [2.05, 4.69) is 30.1 Å². The van der Waals surface area contributed by atoms with Gasteiger partial charge >= 0.3 is 11.3 Å². The Morgan fingerprint density at radius 3 is 2.36 bits per heavy atom. The molecule has 1 aromatic carbocycles. The van der Waals surface area contributed by atoms with Crippen LogP contribution in [0.2, 0.25) is 0 Å². The van der Waals surface area contributed by atoms with Gasteiger partial charge in [-0.25, -0.2) is 0 Å². The van der Waals surface area contributed by atoms with Crippen LogP contribution < -0.4 is 5.32 Å². The number of anilines is 1. The van der Waals surface area contributed by atoms with Gasteiger partial charge in [-0.2, -0.15) is 17.6 Å². The standard InChI is InChI=1S/C16H18ClF4N/c1-5-12-9-14(7-6-13(12)8-10(2)3)22-11(4)15(18,19)16(17,20)21/h5-7,9-10,22H,1,4,8H2,2-3H3. The number of allylic oxidation sites excluding steroid dienone is 1. The van der Waals surface area contributed by atoms with Crippen molar-refractivity contribution in [1.82, 2.24) is 0 Å². The van der Waals surface area contributed by atoms with Crippen LogP contribution in [0.4, 0.5) is 23.2 Å². The number of rotatable bonds is 7. The predicted molar refractivity (Wildman–Crippen MR) is 83.6 cm³/mol. The molecule has 0 aromatic heterocycles. The molecule has 0 radical (unpaired) electrons. The molecule has 1 nitrogen and oxygen atoms in total. The highest BCUT2D eigenvalue weighted by Gasteiger charge is 2.57. The average molecular weight is 336 g/mol. The van der Waals surface area contributed by atoms with Gasteiger partial charge in [0.25, 0.3) is 0 Å². The van der Waals surface area contributed by atoms with E-state index < -0.39 is 17.0 Å². The van der Waals surface area contributed by atoms with E-state index in [1.807, 2.05) is 13.8 Å². The van der Waals surface area contributed by atoms with Gasteiger partial charge in [-0.15, -0.1) is 0 Å². The summed E-state index contributed by atoms with van der Waals surface area (Å²) in [5, 5.41) is -2.53. The second-order valence-electron chi connectivity index (χ2n) is 5.39. The lowest BCUT2D eigenvalue weighted by atomic mass is 9.97. The maximum atomic E-state index is 13.4. The third-order valence-corrected chi connectivity index (χ3v) is 3.26. The Labute approximate surface area is 132 Å². The first-order valence-corrected chi connectivity index (χ1v) is 7.03. The molecule has 0 saturated heterocycles. The predicted octanol–water partition coefficient (Wildman–Crippen LogP) is 5.92. The molecule has 0 aliphatic rings. The highest BCUT2D eigenvalue weighted by atomic mass is 35.5. The molecule has 0 unspecified atom stereocenters. The second kappa shape index (κ2) is 6.73. The van der Waals surface area contributed by atoms with Crippen LogP contribution in [0.3, 0.4) is 0 Å². The van der Waals surface area contributed by atoms with E-state index in [0.29, 0.717) is 5.92 Å². The number of hydrogen-bond donors (Lipinski definition) is 1. The van der Waals surface area contributed by atoms with E-state index in [1.54, 1.807) is 18.2 Å². The number of alkyl halides is 5. The molecule has 0 atom stereocenters. The molecule has 0 bridgehead atoms. The van der Waals surface area contributed by atoms with Crippen molar-refractivity contribution in [2.75, 3.05) is 5.32 Å². The summed E-state index contributed by atoms with van der Waals surface area (Å²) in [7, 11) is 0. The quantitative estimate of drug-likeness (QED) is 0.481. The highest BCUT2D eigenvalue weighted by molar-refractivity contribution is 6.22. The summed E-state index contributed by atoms with van der Waals surface area (Å²) in [6, 6.07) is 4.82. The van der Waals surface area contributed by atoms with Gasteiger partial charge in [0.1, 0.15) is 0 Å². The van der Waals surface area contributed by atoms with Gasteiger partial charge in [0.05, 0.1) is 5.70 Å². The molecule has 22 heavy (non-hydrogen) atoms. The molecule has 0 aliphatic heterocycles. The monoisotopic (exact) mass is 335 g/mol. The SMILES string of the molecule is C=Cc1cc(NC(=C)C(F)(F)C(F)(F)Cl)ccc1CC(C)C. The Morgan fingerprint density at radius 1 is 1.32 bits per heavy atom. The van der Waals surface area contributed by atoms with Crippen molar-refractivity contribution >= 4 is 23.4 Å². The highest BCUT2D eigenvalue weighted by Crippen LogP contribution is 2.42. The van der Waals surface area contributed by atoms with E-state index in [1.165, 1.54) is 6.07 Å². The lowest BCUT2D eigenvalue weighted by Crippen LogP contribution is -2.39. The summed E-state index contributed by atoms with van der Waals surface area (Å²) >= 11 is 4.43. The molecule has 6 heteroatoms. The lowest BCUT2D eigenvalue weighted by molar-refractivity contribution is -0.129. The molecule has 122 valence electrons. The minimum absolute atomic E-state index is 0.216. The number of benzene rings is 1. The largest absolute Gasteiger partial charge is 0.390 e. The van der Waals surface area contributed by atoms with Crippen LogP contribution in [0.15, 0.2) is 37.1 Å². The van der Waals surface area contributed by atoms with Gasteiger partial charge in [-0.1, -0.05) is 39.1 Å². The van der Waals surface area contributed by atoms with Crippen LogP contribution in [0.25, 0.3) is 6.08 Å². The lowest BCUT2D eigenvalue weighted by Gasteiger charge is -2.24. The van der Waals surface area contributed by atoms with Crippen molar-refractivity contribution in [2.45, 2.75) is 31.6 Å². The number of nitrogens with one attached hydrogen (secondary N) is 1. The smallest absolute Gasteiger partial charge is 0.354 e. The Balaban J connectivity index is 3.00. The Bertz CT molecular complexity index is 562. The fourth-order valence-electron chi connectivity index (χ4n) is 1.91. The van der Waals surface area contributed by atoms with Crippen molar-refractivity contribution in [2.24, 2.45) is 5.92 Å². The average Bonchev–Trinajstić information content (AvgIpc) is 2.38. The van der Waals surface area contributed by atoms with Crippen LogP contribution in [-0.2, 0) is 6.42 Å². The maximum Gasteiger partial charge on any atom is 0.390 e. The number of hydrogen-bond acceptors (Lipinski definition) is 1. The molecule has 0 amide bonds. The summed E-state index contributed by atoms with van der Waals surface area (Å²) in [6.45, 7) is 10.7. The van der Waals surface area contributed by atoms with Crippen molar-refractivity contribution in [3.8, 4) is 0 Å². The first kappa shape index (κ1) is 18.6. The molecule has 0 spiro atoms. The molecule has 1 aromatic rings. The summed E-state index contributed by atoms with van der Waals surface area (Å²) < 4.78 is 52.2. The van der Waals surface area contributed by atoms with Crippen molar-refractivity contribution in [1.29, 1.82) is 0 Å². The fourth-order valence-corrected chi connectivity index (χ4v) is 2.03. The van der Waals surface area contributed by atoms with Gasteiger partial charge in [-0.3, -0.25) is 0 Å². The molecule has 1 rings (SSSR count). The molecule has 0 saturated carbocycles. The second-order valence-corrected chi connectivity index (χ2v) is 5.87. The summed E-state index contributed by atoms with van der Waals surface area (Å²) in [5.41, 5.74) is 0.787. The van der Waals surface area contributed by atoms with Crippen LogP contribution >= 0.6 is 11.6 Å². The summed E-state index contributed by atoms with van der Waals surface area (Å²) in [5.74, 6) is -4.16. The zero-order valence-corrected chi connectivity index (χ0v) is 13.2. The van der Waals surface area contributed by atoms with E-state index in [-0.39, 0.29) is 5.69 Å². The molecule has 0 aliphatic carbocycles. The van der Waals surface area contributed by atoms with E-state index in [4.69, 9.17) is 0 Å². The van der Waals surface area contributed by atoms with Crippen LogP contribution in [0, 0.1) is 5.92 Å². The van der Waals surface area contributed by atoms with E-state index >= 15 is 0 Å². The zero-order chi connectivity index (χ0) is 17.1. The van der Waals surface area contributed by atoms with Crippen LogP contribution in [-0.4, -0.2) is 11.3 Å². The van der Waals surface area contributed by atoms with Gasteiger partial charge < -0.3 is 5.32 Å². The Kier molecular flexibility index (Phi) is 5.68. The molecular weight excluding hydrogens is 318 g/mol. The summed E-state index contributed by atoms with van der Waals surface area (Å²) in [4.78, 5) is 0. The van der Waals surface area contributed by atoms with Crippen LogP contribution in [0.5, 0.6) is 0 Å². The molecule has 0 fully saturated rings. The van der Waals surface area contributed by atoms with Gasteiger partial charge in [-0.05, 0) is 47.2 Å². The van der Waals surface area contributed by atoms with Gasteiger partial charge in [0.15, 0.2) is 0 Å². The van der Waals surface area contributed by atoms with Crippen LogP contribution in [0.1, 0.15) is 25.0 Å². The van der Waals surface area contributed by atoms with E-state index in [0.717, 1.165) is 17.5 Å². The van der Waals surface area contributed by atoms with Crippen molar-refractivity contribution in [3.63, 3.8) is 0 Å². The Hall–Kier alpha value is -1.49. The van der Waals surface area contributed by atoms with Gasteiger partial charge in [0.2, 0.25) is 0 Å². The maximum absolute atomic E-state index is 13.4. The van der Waals surface area contributed by atoms with Gasteiger partial charge in [0, 0.05) is 5.69 Å². The normalized spacial score (nSPS) is 12.4. The minimum atomic E-state index is -4.71. The number of halogens is 5. The zero-order valence-electron chi connectivity index (χ0n) is 12.4. The first-order chi connectivity index (χ1) is 9.99. The third kappa shape index (κ3) is 4.26. The van der Waals surface area contributed by atoms with Crippen molar-refractivity contribution < 1.29 is 17.6 Å². The topological polar surface area (TPSA) is 12.0 Å². The van der Waals surface area contributed by atoms with Crippen molar-refractivity contribution in [3.05, 3.63) is 48.2 Å². The minimum Gasteiger partial charge on any atom is -0.354 e. The molecule has 0 heterocycles.